The van der Waals surface area contributed by atoms with E-state index in [0.29, 0.717) is 11.8 Å². The molecular formula is C30H40SiZr. The molecule has 0 nitrogen and oxygen atoms in total. The number of benzene rings is 2. The van der Waals surface area contributed by atoms with Crippen molar-refractivity contribution >= 4 is 27.0 Å². The summed E-state index contributed by atoms with van der Waals surface area (Å²) in [6.45, 7) is 18.1. The van der Waals surface area contributed by atoms with Gasteiger partial charge >= 0.3 is 41.9 Å². The Labute approximate surface area is 211 Å². The van der Waals surface area contributed by atoms with Gasteiger partial charge < -0.3 is 0 Å². The molecule has 0 saturated heterocycles. The second kappa shape index (κ2) is 12.9. The van der Waals surface area contributed by atoms with Gasteiger partial charge in [-0.1, -0.05) is 64.8 Å². The molecule has 168 valence electrons. The zero-order valence-electron chi connectivity index (χ0n) is 21.3. The van der Waals surface area contributed by atoms with Crippen molar-refractivity contribution in [2.24, 2.45) is 0 Å². The van der Waals surface area contributed by atoms with Crippen LogP contribution in [0.4, 0.5) is 0 Å². The van der Waals surface area contributed by atoms with Gasteiger partial charge in [0.25, 0.3) is 0 Å². The zero-order chi connectivity index (χ0) is 23.8. The van der Waals surface area contributed by atoms with E-state index in [1.807, 2.05) is 0 Å². The molecule has 4 aromatic carbocycles. The molecule has 0 aromatic heterocycles. The molecule has 2 heteroatoms. The Morgan fingerprint density at radius 3 is 1.34 bits per heavy atom. The second-order valence-corrected chi connectivity index (χ2v) is 18.8. The van der Waals surface area contributed by atoms with Crippen LogP contribution in [0.5, 0.6) is 0 Å². The second-order valence-electron chi connectivity index (χ2n) is 9.44. The number of fused-ring (bicyclic) bond motifs is 2. The monoisotopic (exact) mass is 518 g/mol. The van der Waals surface area contributed by atoms with E-state index in [1.165, 1.54) is 43.8 Å². The topological polar surface area (TPSA) is 0 Å². The molecule has 0 amide bonds. The molecule has 0 spiro atoms. The van der Waals surface area contributed by atoms with Crippen molar-refractivity contribution in [1.82, 2.24) is 0 Å². The molecule has 0 aliphatic carbocycles. The maximum absolute atomic E-state index is 2.34. The summed E-state index contributed by atoms with van der Waals surface area (Å²) in [5.41, 5.74) is 6.06. The summed E-state index contributed by atoms with van der Waals surface area (Å²) in [6.07, 6.45) is 2.26. The van der Waals surface area contributed by atoms with Gasteiger partial charge in [0.2, 0.25) is 0 Å². The van der Waals surface area contributed by atoms with Crippen LogP contribution in [-0.2, 0) is 36.2 Å². The molecule has 0 fully saturated rings. The van der Waals surface area contributed by atoms with Gasteiger partial charge in [-0.3, -0.25) is 0 Å². The quantitative estimate of drug-likeness (QED) is 0.186. The van der Waals surface area contributed by atoms with Crippen LogP contribution < -0.4 is 0 Å². The fourth-order valence-electron chi connectivity index (χ4n) is 4.06. The molecule has 0 radical (unpaired) electrons. The Morgan fingerprint density at radius 1 is 0.719 bits per heavy atom. The average Bonchev–Trinajstić information content (AvgIpc) is 3.36. The maximum atomic E-state index is 2.34. The first-order chi connectivity index (χ1) is 15.2. The molecule has 0 aliphatic rings. The molecule has 32 heavy (non-hydrogen) atoms. The SMILES string of the molecule is CCc1cc2c(C(C)C)cccc2[cH-]1.CCc1cc2c(C(C)C)cccc2[cH-]1.C[Si](C)=[Zr+2]. The van der Waals surface area contributed by atoms with E-state index in [1.54, 1.807) is 23.3 Å². The van der Waals surface area contributed by atoms with E-state index >= 15 is 0 Å². The van der Waals surface area contributed by atoms with Gasteiger partial charge in [-0.05, 0) is 24.7 Å². The molecule has 0 N–H and O–H groups in total. The van der Waals surface area contributed by atoms with Crippen LogP contribution in [0.2, 0.25) is 13.1 Å². The van der Waals surface area contributed by atoms with Crippen molar-refractivity contribution < 1.29 is 23.3 Å². The zero-order valence-corrected chi connectivity index (χ0v) is 24.8. The summed E-state index contributed by atoms with van der Waals surface area (Å²) >= 11 is 1.74. The van der Waals surface area contributed by atoms with Crippen LogP contribution in [0.3, 0.4) is 0 Å². The first-order valence-corrected chi connectivity index (χ1v) is 18.2. The summed E-state index contributed by atoms with van der Waals surface area (Å²) in [4.78, 5) is 0. The Kier molecular flexibility index (Phi) is 10.8. The van der Waals surface area contributed by atoms with Crippen LogP contribution in [0.25, 0.3) is 21.5 Å². The summed E-state index contributed by atoms with van der Waals surface area (Å²) in [5, 5.41) is 5.68. The van der Waals surface area contributed by atoms with Gasteiger partial charge in [0.05, 0.1) is 0 Å². The molecular weight excluding hydrogens is 480 g/mol. The first-order valence-electron chi connectivity index (χ1n) is 12.1. The predicted molar refractivity (Wildman–Crippen MR) is 143 cm³/mol. The van der Waals surface area contributed by atoms with E-state index in [0.717, 1.165) is 12.8 Å². The molecule has 0 aliphatic heterocycles. The van der Waals surface area contributed by atoms with Gasteiger partial charge in [0, 0.05) is 0 Å². The molecule has 4 aromatic rings. The van der Waals surface area contributed by atoms with Crippen molar-refractivity contribution in [2.45, 2.75) is 79.3 Å². The van der Waals surface area contributed by atoms with Crippen LogP contribution >= 0.6 is 0 Å². The summed E-state index contributed by atoms with van der Waals surface area (Å²) in [5.74, 6) is 1.23. The van der Waals surface area contributed by atoms with Crippen molar-refractivity contribution in [3.05, 3.63) is 82.9 Å². The molecule has 4 rings (SSSR count). The standard InChI is InChI=1S/2C14H17.C2H6Si.Zr/c2*1-4-11-8-12-6-5-7-13(10(2)3)14(12)9-11;1-3-2;/h2*5-10H,4H2,1-3H3;1-2H3;/q2*-1;;+2. The van der Waals surface area contributed by atoms with Crippen molar-refractivity contribution in [3.63, 3.8) is 0 Å². The minimum absolute atomic E-state index is 0.210. The molecule has 0 unspecified atom stereocenters. The van der Waals surface area contributed by atoms with Gasteiger partial charge in [-0.15, -0.1) is 69.1 Å². The van der Waals surface area contributed by atoms with Crippen LogP contribution in [0.1, 0.15) is 75.6 Å². The average molecular weight is 520 g/mol. The van der Waals surface area contributed by atoms with Crippen LogP contribution in [-0.4, -0.2) is 5.43 Å². The number of hydrogen-bond acceptors (Lipinski definition) is 0. The summed E-state index contributed by atoms with van der Waals surface area (Å²) in [7, 11) is 0. The minimum atomic E-state index is 0.210. The number of rotatable bonds is 4. The Hall–Kier alpha value is -1.24. The predicted octanol–water partition coefficient (Wildman–Crippen LogP) is 9.27. The van der Waals surface area contributed by atoms with Gasteiger partial charge in [0.1, 0.15) is 0 Å². The first kappa shape index (κ1) is 27.0. The fourth-order valence-corrected chi connectivity index (χ4v) is 4.06. The molecule has 0 saturated carbocycles. The fraction of sp³-hybridized carbons (Fsp3) is 0.400. The number of hydrogen-bond donors (Lipinski definition) is 0. The molecule has 0 bridgehead atoms. The van der Waals surface area contributed by atoms with Crippen molar-refractivity contribution in [1.29, 1.82) is 0 Å². The van der Waals surface area contributed by atoms with E-state index in [4.69, 9.17) is 0 Å². The molecule has 0 heterocycles. The van der Waals surface area contributed by atoms with E-state index in [9.17, 15) is 0 Å². The Balaban J connectivity index is 0.000000195. The normalized spacial score (nSPS) is 10.9. The third-order valence-corrected chi connectivity index (χ3v) is 5.75. The van der Waals surface area contributed by atoms with Gasteiger partial charge in [-0.25, -0.2) is 0 Å². The Morgan fingerprint density at radius 2 is 1.06 bits per heavy atom. The summed E-state index contributed by atoms with van der Waals surface area (Å²) in [6, 6.07) is 22.5. The van der Waals surface area contributed by atoms with E-state index in [2.05, 4.69) is 115 Å². The third-order valence-electron chi connectivity index (χ3n) is 5.75. The van der Waals surface area contributed by atoms with Crippen LogP contribution in [0, 0.1) is 0 Å². The van der Waals surface area contributed by atoms with E-state index in [-0.39, 0.29) is 5.43 Å². The van der Waals surface area contributed by atoms with Crippen molar-refractivity contribution in [3.8, 4) is 0 Å². The summed E-state index contributed by atoms with van der Waals surface area (Å²) < 4.78 is 0. The Bertz CT molecular complexity index is 1050. The van der Waals surface area contributed by atoms with Gasteiger partial charge in [0.15, 0.2) is 0 Å². The van der Waals surface area contributed by atoms with Gasteiger partial charge in [-0.2, -0.15) is 12.1 Å². The number of aryl methyl sites for hydroxylation is 2. The van der Waals surface area contributed by atoms with Crippen LogP contribution in [0.15, 0.2) is 60.7 Å². The van der Waals surface area contributed by atoms with Crippen molar-refractivity contribution in [2.75, 3.05) is 0 Å². The third kappa shape index (κ3) is 7.39. The van der Waals surface area contributed by atoms with E-state index < -0.39 is 0 Å². The molecule has 0 atom stereocenters.